The van der Waals surface area contributed by atoms with Crippen LogP contribution in [0.25, 0.3) is 0 Å². The van der Waals surface area contributed by atoms with Gasteiger partial charge < -0.3 is 15.2 Å². The topological polar surface area (TPSA) is 71.5 Å². The smallest absolute Gasteiger partial charge is 0.226 e. The molecule has 190 valence electrons. The summed E-state index contributed by atoms with van der Waals surface area (Å²) in [5.41, 5.74) is 3.16. The molecule has 6 atom stereocenters. The number of hydrogen-bond donors (Lipinski definition) is 2. The van der Waals surface area contributed by atoms with Gasteiger partial charge in [0.25, 0.3) is 0 Å². The molecule has 1 amide bonds. The number of benzene rings is 1. The summed E-state index contributed by atoms with van der Waals surface area (Å²) in [6.07, 6.45) is 11.7. The standard InChI is InChI=1S/C29H40N2O3S/c1-18-17-30-28(35-18)31-26(33)11-7-20-15-21(5-4-14-34-3)29(2)13-12-24-23-10-8-22(32)16-19(23)6-9-25(24)27(20)29/h8,10,16-17,20-21,24-25,27,32H,4-7,9,11-15H2,1-3H3,(H,30,31,33)/t20-,21?,24?,25?,27?,29-/m1/s1. The molecule has 2 aromatic rings. The van der Waals surface area contributed by atoms with Crippen molar-refractivity contribution in [1.82, 2.24) is 4.98 Å². The lowest BCUT2D eigenvalue weighted by Crippen LogP contribution is -2.44. The van der Waals surface area contributed by atoms with Crippen molar-refractivity contribution in [2.45, 2.75) is 77.6 Å². The number of aromatic nitrogens is 1. The number of thiazole rings is 1. The molecule has 1 heterocycles. The van der Waals surface area contributed by atoms with Gasteiger partial charge in [-0.2, -0.15) is 0 Å². The molecule has 2 N–H and O–H groups in total. The van der Waals surface area contributed by atoms with Gasteiger partial charge in [-0.15, -0.1) is 11.3 Å². The quantitative estimate of drug-likeness (QED) is 0.399. The van der Waals surface area contributed by atoms with Crippen LogP contribution in [0.2, 0.25) is 0 Å². The fourth-order valence-electron chi connectivity index (χ4n) is 8.12. The Balaban J connectivity index is 1.35. The minimum absolute atomic E-state index is 0.0979. The van der Waals surface area contributed by atoms with Crippen LogP contribution in [0.15, 0.2) is 24.4 Å². The molecule has 2 saturated carbocycles. The van der Waals surface area contributed by atoms with E-state index in [4.69, 9.17) is 4.74 Å². The highest BCUT2D eigenvalue weighted by molar-refractivity contribution is 7.15. The lowest BCUT2D eigenvalue weighted by molar-refractivity contribution is -0.116. The zero-order chi connectivity index (χ0) is 24.6. The average Bonchev–Trinajstić information content (AvgIpc) is 3.37. The first-order chi connectivity index (χ1) is 16.9. The fraction of sp³-hybridized carbons (Fsp3) is 0.655. The van der Waals surface area contributed by atoms with E-state index in [0.717, 1.165) is 30.7 Å². The summed E-state index contributed by atoms with van der Waals surface area (Å²) in [5, 5.41) is 13.8. The number of nitrogens with zero attached hydrogens (tertiary/aromatic N) is 1. The molecule has 35 heavy (non-hydrogen) atoms. The molecule has 0 spiro atoms. The molecular formula is C29H40N2O3S. The number of carbonyl (C=O) groups excluding carboxylic acids is 1. The molecule has 4 unspecified atom stereocenters. The Morgan fingerprint density at radius 3 is 2.94 bits per heavy atom. The molecule has 6 heteroatoms. The summed E-state index contributed by atoms with van der Waals surface area (Å²) < 4.78 is 5.39. The van der Waals surface area contributed by atoms with Crippen LogP contribution in [-0.2, 0) is 16.0 Å². The number of phenols is 1. The van der Waals surface area contributed by atoms with Crippen LogP contribution in [0.4, 0.5) is 5.13 Å². The van der Waals surface area contributed by atoms with E-state index in [1.807, 2.05) is 25.3 Å². The molecule has 0 bridgehead atoms. The molecule has 5 rings (SSSR count). The van der Waals surface area contributed by atoms with Gasteiger partial charge in [-0.05, 0) is 117 Å². The lowest BCUT2D eigenvalue weighted by atomic mass is 9.52. The van der Waals surface area contributed by atoms with Crippen LogP contribution in [-0.4, -0.2) is 29.7 Å². The zero-order valence-electron chi connectivity index (χ0n) is 21.4. The van der Waals surface area contributed by atoms with Gasteiger partial charge in [-0.1, -0.05) is 13.0 Å². The molecular weight excluding hydrogens is 456 g/mol. The number of aryl methyl sites for hydroxylation is 2. The number of hydrogen-bond acceptors (Lipinski definition) is 5. The number of aromatic hydroxyl groups is 1. The van der Waals surface area contributed by atoms with Crippen LogP contribution in [0.5, 0.6) is 5.75 Å². The first-order valence-electron chi connectivity index (χ1n) is 13.4. The van der Waals surface area contributed by atoms with Gasteiger partial charge in [-0.3, -0.25) is 4.79 Å². The number of phenolic OH excluding ortho intramolecular Hbond substituents is 1. The van der Waals surface area contributed by atoms with Crippen molar-refractivity contribution in [1.29, 1.82) is 0 Å². The highest BCUT2D eigenvalue weighted by Gasteiger charge is 2.58. The molecule has 1 aromatic heterocycles. The second kappa shape index (κ2) is 10.2. The first-order valence-corrected chi connectivity index (χ1v) is 14.2. The normalized spacial score (nSPS) is 31.5. The van der Waals surface area contributed by atoms with Crippen molar-refractivity contribution < 1.29 is 14.6 Å². The van der Waals surface area contributed by atoms with E-state index in [9.17, 15) is 9.90 Å². The van der Waals surface area contributed by atoms with Crippen molar-refractivity contribution in [3.63, 3.8) is 0 Å². The van der Waals surface area contributed by atoms with Gasteiger partial charge >= 0.3 is 0 Å². The third-order valence-corrected chi connectivity index (χ3v) is 10.4. The molecule has 0 aliphatic heterocycles. The van der Waals surface area contributed by atoms with Crippen LogP contribution in [0, 0.1) is 36.0 Å². The number of anilines is 1. The molecule has 3 aliphatic rings. The van der Waals surface area contributed by atoms with E-state index >= 15 is 0 Å². The maximum Gasteiger partial charge on any atom is 0.226 e. The van der Waals surface area contributed by atoms with E-state index in [1.54, 1.807) is 7.11 Å². The third kappa shape index (κ3) is 4.89. The molecule has 5 nitrogen and oxygen atoms in total. The molecule has 2 fully saturated rings. The molecule has 3 aliphatic carbocycles. The number of carbonyl (C=O) groups is 1. The summed E-state index contributed by atoms with van der Waals surface area (Å²) in [7, 11) is 1.80. The highest BCUT2D eigenvalue weighted by Crippen LogP contribution is 2.66. The van der Waals surface area contributed by atoms with Crippen molar-refractivity contribution in [3.05, 3.63) is 40.4 Å². The summed E-state index contributed by atoms with van der Waals surface area (Å²) in [5.74, 6) is 3.70. The molecule has 0 saturated heterocycles. The molecule has 0 radical (unpaired) electrons. The van der Waals surface area contributed by atoms with Crippen molar-refractivity contribution in [2.24, 2.45) is 29.1 Å². The third-order valence-electron chi connectivity index (χ3n) is 9.55. The number of nitrogens with one attached hydrogen (secondary N) is 1. The predicted molar refractivity (Wildman–Crippen MR) is 141 cm³/mol. The largest absolute Gasteiger partial charge is 0.508 e. The summed E-state index contributed by atoms with van der Waals surface area (Å²) >= 11 is 1.54. The van der Waals surface area contributed by atoms with Crippen molar-refractivity contribution in [2.75, 3.05) is 19.0 Å². The minimum Gasteiger partial charge on any atom is -0.508 e. The van der Waals surface area contributed by atoms with Crippen molar-refractivity contribution in [3.8, 4) is 5.75 Å². The van der Waals surface area contributed by atoms with Crippen LogP contribution in [0.1, 0.15) is 80.2 Å². The maximum absolute atomic E-state index is 12.8. The Hall–Kier alpha value is -1.92. The second-order valence-corrected chi connectivity index (χ2v) is 12.7. The van der Waals surface area contributed by atoms with E-state index in [0.29, 0.717) is 52.3 Å². The number of rotatable bonds is 8. The highest BCUT2D eigenvalue weighted by atomic mass is 32.1. The summed E-state index contributed by atoms with van der Waals surface area (Å²) in [6, 6.07) is 6.05. The van der Waals surface area contributed by atoms with Crippen LogP contribution < -0.4 is 5.32 Å². The van der Waals surface area contributed by atoms with Gasteiger partial charge in [0, 0.05) is 31.2 Å². The van der Waals surface area contributed by atoms with E-state index in [1.165, 1.54) is 54.6 Å². The lowest BCUT2D eigenvalue weighted by Gasteiger charge is -2.52. The Morgan fingerprint density at radius 1 is 1.31 bits per heavy atom. The fourth-order valence-corrected chi connectivity index (χ4v) is 8.80. The van der Waals surface area contributed by atoms with E-state index < -0.39 is 0 Å². The Morgan fingerprint density at radius 2 is 2.17 bits per heavy atom. The number of amides is 1. The van der Waals surface area contributed by atoms with Gasteiger partial charge in [-0.25, -0.2) is 4.98 Å². The van der Waals surface area contributed by atoms with E-state index in [2.05, 4.69) is 23.3 Å². The van der Waals surface area contributed by atoms with Gasteiger partial charge in [0.05, 0.1) is 0 Å². The van der Waals surface area contributed by atoms with Crippen molar-refractivity contribution >= 4 is 22.4 Å². The van der Waals surface area contributed by atoms with Gasteiger partial charge in [0.1, 0.15) is 5.75 Å². The second-order valence-electron chi connectivity index (χ2n) is 11.5. The Labute approximate surface area is 213 Å². The maximum atomic E-state index is 12.8. The first kappa shape index (κ1) is 24.8. The van der Waals surface area contributed by atoms with Crippen LogP contribution >= 0.6 is 11.3 Å². The predicted octanol–water partition coefficient (Wildman–Crippen LogP) is 6.70. The average molecular weight is 497 g/mol. The van der Waals surface area contributed by atoms with Crippen LogP contribution in [0.3, 0.4) is 0 Å². The van der Waals surface area contributed by atoms with Gasteiger partial charge in [0.15, 0.2) is 5.13 Å². The Bertz CT molecular complexity index is 1050. The number of methoxy groups -OCH3 is 1. The van der Waals surface area contributed by atoms with Gasteiger partial charge in [0.2, 0.25) is 5.91 Å². The molecule has 1 aromatic carbocycles. The minimum atomic E-state index is 0.0979. The summed E-state index contributed by atoms with van der Waals surface area (Å²) in [6.45, 7) is 5.41. The SMILES string of the molecule is COCCCC1C[C@@H](CCC(=O)Nc2ncc(C)s2)C2C3CCc4cc(O)ccc4C3CC[C@]12C. The summed E-state index contributed by atoms with van der Waals surface area (Å²) in [4.78, 5) is 18.2. The number of fused-ring (bicyclic) bond motifs is 5. The Kier molecular flexibility index (Phi) is 7.23. The monoisotopic (exact) mass is 496 g/mol. The zero-order valence-corrected chi connectivity index (χ0v) is 22.2. The van der Waals surface area contributed by atoms with E-state index in [-0.39, 0.29) is 5.91 Å². The number of ether oxygens (including phenoxy) is 1.